The van der Waals surface area contributed by atoms with Gasteiger partial charge >= 0.3 is 5.97 Å². The first-order chi connectivity index (χ1) is 12.1. The van der Waals surface area contributed by atoms with Gasteiger partial charge in [-0.2, -0.15) is 5.10 Å². The Kier molecular flexibility index (Phi) is 4.74. The molecule has 0 unspecified atom stereocenters. The van der Waals surface area contributed by atoms with Crippen LogP contribution in [0.4, 0.5) is 0 Å². The van der Waals surface area contributed by atoms with Crippen LogP contribution < -0.4 is 4.74 Å². The Morgan fingerprint density at radius 2 is 1.84 bits per heavy atom. The summed E-state index contributed by atoms with van der Waals surface area (Å²) in [5.74, 6) is 1.15. The number of carbonyl (C=O) groups is 1. The van der Waals surface area contributed by atoms with Crippen molar-refractivity contribution in [3.63, 3.8) is 0 Å². The summed E-state index contributed by atoms with van der Waals surface area (Å²) in [7, 11) is 0. The van der Waals surface area contributed by atoms with Crippen LogP contribution in [-0.2, 0) is 4.74 Å². The van der Waals surface area contributed by atoms with E-state index in [1.165, 1.54) is 10.9 Å². The number of nitrogens with zero attached hydrogens (tertiary/aromatic N) is 4. The Morgan fingerprint density at radius 1 is 1.08 bits per heavy atom. The van der Waals surface area contributed by atoms with Crippen LogP contribution in [0.3, 0.4) is 0 Å². The van der Waals surface area contributed by atoms with Gasteiger partial charge in [0.15, 0.2) is 5.82 Å². The second kappa shape index (κ2) is 7.12. The summed E-state index contributed by atoms with van der Waals surface area (Å²) in [6.07, 6.45) is 1.46. The van der Waals surface area contributed by atoms with Crippen molar-refractivity contribution >= 4 is 5.97 Å². The standard InChI is InChI=1S/C18H18N4O3/c1-4-24-18(23)15-11-19-22(13(15)3)16-9-10-17(21-20-16)25-14-7-5-12(2)6-8-14/h5-11H,4H2,1-3H3. The molecule has 128 valence electrons. The summed E-state index contributed by atoms with van der Waals surface area (Å²) in [4.78, 5) is 11.9. The molecule has 2 heterocycles. The molecule has 0 saturated carbocycles. The van der Waals surface area contributed by atoms with Crippen molar-refractivity contribution in [2.45, 2.75) is 20.8 Å². The topological polar surface area (TPSA) is 79.1 Å². The average molecular weight is 338 g/mol. The third-order valence-corrected chi connectivity index (χ3v) is 3.59. The highest BCUT2D eigenvalue weighted by Gasteiger charge is 2.16. The number of rotatable bonds is 5. The zero-order chi connectivity index (χ0) is 17.8. The quantitative estimate of drug-likeness (QED) is 0.665. The lowest BCUT2D eigenvalue weighted by atomic mass is 10.2. The highest BCUT2D eigenvalue weighted by molar-refractivity contribution is 5.90. The van der Waals surface area contributed by atoms with Gasteiger partial charge in [0.1, 0.15) is 11.3 Å². The van der Waals surface area contributed by atoms with Gasteiger partial charge < -0.3 is 9.47 Å². The molecule has 0 amide bonds. The molecule has 25 heavy (non-hydrogen) atoms. The molecule has 0 atom stereocenters. The molecule has 7 nitrogen and oxygen atoms in total. The van der Waals surface area contributed by atoms with Crippen molar-refractivity contribution in [3.05, 3.63) is 59.4 Å². The smallest absolute Gasteiger partial charge is 0.341 e. The zero-order valence-corrected chi connectivity index (χ0v) is 14.3. The van der Waals surface area contributed by atoms with E-state index in [-0.39, 0.29) is 0 Å². The van der Waals surface area contributed by atoms with E-state index in [4.69, 9.17) is 9.47 Å². The molecule has 1 aromatic carbocycles. The van der Waals surface area contributed by atoms with E-state index in [2.05, 4.69) is 15.3 Å². The molecule has 3 rings (SSSR count). The fourth-order valence-electron chi connectivity index (χ4n) is 2.26. The maximum atomic E-state index is 11.9. The Morgan fingerprint density at radius 3 is 2.48 bits per heavy atom. The molecule has 0 aliphatic carbocycles. The first-order valence-corrected chi connectivity index (χ1v) is 7.89. The SMILES string of the molecule is CCOC(=O)c1cnn(-c2ccc(Oc3ccc(C)cc3)nn2)c1C. The van der Waals surface area contributed by atoms with Crippen LogP contribution in [0.1, 0.15) is 28.5 Å². The van der Waals surface area contributed by atoms with E-state index in [1.807, 2.05) is 31.2 Å². The van der Waals surface area contributed by atoms with Crippen LogP contribution in [0, 0.1) is 13.8 Å². The highest BCUT2D eigenvalue weighted by atomic mass is 16.5. The van der Waals surface area contributed by atoms with Gasteiger partial charge in [-0.15, -0.1) is 10.2 Å². The molecule has 7 heteroatoms. The monoisotopic (exact) mass is 338 g/mol. The van der Waals surface area contributed by atoms with E-state index in [9.17, 15) is 4.79 Å². The molecule has 0 radical (unpaired) electrons. The van der Waals surface area contributed by atoms with E-state index in [1.54, 1.807) is 26.0 Å². The number of aryl methyl sites for hydroxylation is 1. The number of ether oxygens (including phenoxy) is 2. The van der Waals surface area contributed by atoms with Crippen molar-refractivity contribution in [2.24, 2.45) is 0 Å². The van der Waals surface area contributed by atoms with Crippen molar-refractivity contribution < 1.29 is 14.3 Å². The molecule has 3 aromatic rings. The zero-order valence-electron chi connectivity index (χ0n) is 14.3. The average Bonchev–Trinajstić information content (AvgIpc) is 2.99. The summed E-state index contributed by atoms with van der Waals surface area (Å²) in [6, 6.07) is 11.1. The van der Waals surface area contributed by atoms with Gasteiger partial charge in [-0.25, -0.2) is 9.48 Å². The normalized spacial score (nSPS) is 10.5. The molecular weight excluding hydrogens is 320 g/mol. The third kappa shape index (κ3) is 3.65. The fourth-order valence-corrected chi connectivity index (χ4v) is 2.26. The van der Waals surface area contributed by atoms with Crippen LogP contribution in [0.25, 0.3) is 5.82 Å². The van der Waals surface area contributed by atoms with Gasteiger partial charge in [0, 0.05) is 6.07 Å². The second-order valence-electron chi connectivity index (χ2n) is 5.42. The maximum Gasteiger partial charge on any atom is 0.341 e. The van der Waals surface area contributed by atoms with Crippen molar-refractivity contribution in [1.29, 1.82) is 0 Å². The molecule has 0 aliphatic heterocycles. The summed E-state index contributed by atoms with van der Waals surface area (Å²) in [5.41, 5.74) is 2.20. The fraction of sp³-hybridized carbons (Fsp3) is 0.222. The Bertz CT molecular complexity index is 870. The second-order valence-corrected chi connectivity index (χ2v) is 5.42. The van der Waals surface area contributed by atoms with Crippen LogP contribution in [-0.4, -0.2) is 32.6 Å². The Labute approximate surface area is 145 Å². The lowest BCUT2D eigenvalue weighted by Crippen LogP contribution is -2.08. The van der Waals surface area contributed by atoms with Crippen LogP contribution in [0.15, 0.2) is 42.6 Å². The minimum atomic E-state index is -0.404. The minimum Gasteiger partial charge on any atom is -0.462 e. The predicted molar refractivity (Wildman–Crippen MR) is 91.1 cm³/mol. The summed E-state index contributed by atoms with van der Waals surface area (Å²) < 4.78 is 12.2. The number of benzene rings is 1. The van der Waals surface area contributed by atoms with Gasteiger partial charge in [0.2, 0.25) is 5.88 Å². The molecular formula is C18H18N4O3. The molecule has 0 fully saturated rings. The largest absolute Gasteiger partial charge is 0.462 e. The van der Waals surface area contributed by atoms with Gasteiger partial charge in [0.25, 0.3) is 0 Å². The molecule has 0 bridgehead atoms. The van der Waals surface area contributed by atoms with Crippen molar-refractivity contribution in [3.8, 4) is 17.4 Å². The molecule has 2 aromatic heterocycles. The number of aromatic nitrogens is 4. The van der Waals surface area contributed by atoms with E-state index >= 15 is 0 Å². The van der Waals surface area contributed by atoms with E-state index in [0.717, 1.165) is 5.56 Å². The number of hydrogen-bond acceptors (Lipinski definition) is 6. The number of hydrogen-bond donors (Lipinski definition) is 0. The van der Waals surface area contributed by atoms with Crippen molar-refractivity contribution in [1.82, 2.24) is 20.0 Å². The molecule has 0 saturated heterocycles. The summed E-state index contributed by atoms with van der Waals surface area (Å²) in [6.45, 7) is 5.86. The van der Waals surface area contributed by atoms with Crippen LogP contribution in [0.5, 0.6) is 11.6 Å². The Hall–Kier alpha value is -3.22. The molecule has 0 aliphatic rings. The molecule has 0 spiro atoms. The van der Waals surface area contributed by atoms with Crippen LogP contribution >= 0.6 is 0 Å². The number of carbonyl (C=O) groups excluding carboxylic acids is 1. The Balaban J connectivity index is 1.78. The highest BCUT2D eigenvalue weighted by Crippen LogP contribution is 2.20. The third-order valence-electron chi connectivity index (χ3n) is 3.59. The summed E-state index contributed by atoms with van der Waals surface area (Å²) >= 11 is 0. The van der Waals surface area contributed by atoms with Gasteiger partial charge in [-0.1, -0.05) is 17.7 Å². The van der Waals surface area contributed by atoms with Crippen LogP contribution in [0.2, 0.25) is 0 Å². The van der Waals surface area contributed by atoms with Crippen molar-refractivity contribution in [2.75, 3.05) is 6.61 Å². The van der Waals surface area contributed by atoms with Gasteiger partial charge in [0.05, 0.1) is 18.5 Å². The first-order valence-electron chi connectivity index (χ1n) is 7.89. The van der Waals surface area contributed by atoms with E-state index in [0.29, 0.717) is 35.3 Å². The number of esters is 1. The molecule has 0 N–H and O–H groups in total. The lowest BCUT2D eigenvalue weighted by Gasteiger charge is -2.06. The lowest BCUT2D eigenvalue weighted by molar-refractivity contribution is 0.0525. The van der Waals surface area contributed by atoms with Gasteiger partial charge in [-0.05, 0) is 39.0 Å². The predicted octanol–water partition coefficient (Wildman–Crippen LogP) is 3.25. The first kappa shape index (κ1) is 16.6. The van der Waals surface area contributed by atoms with E-state index < -0.39 is 5.97 Å². The minimum absolute atomic E-state index is 0.314. The van der Waals surface area contributed by atoms with Gasteiger partial charge in [-0.3, -0.25) is 0 Å². The summed E-state index contributed by atoms with van der Waals surface area (Å²) in [5, 5.41) is 12.4. The maximum absolute atomic E-state index is 11.9.